The molecular weight excluding hydrogens is 448 g/mol. The standard InChI is InChI=1S/C23H32N2O5S2/c1-15(23-11-16-8-17(12-23)10-18(9-16)13-23)24-22(26)19-2-4-21(5-3-19)32(29,30)25-20-6-7-31(27,28)14-20/h2-5,15-18,20,25H,6-14H2,1H3,(H,24,26). The molecule has 2 unspecified atom stereocenters. The van der Waals surface area contributed by atoms with Crippen LogP contribution in [0.1, 0.15) is 62.2 Å². The molecule has 9 heteroatoms. The molecule has 176 valence electrons. The lowest BCUT2D eigenvalue weighted by molar-refractivity contribution is -0.0688. The van der Waals surface area contributed by atoms with Crippen molar-refractivity contribution < 1.29 is 21.6 Å². The van der Waals surface area contributed by atoms with Crippen molar-refractivity contribution in [3.63, 3.8) is 0 Å². The van der Waals surface area contributed by atoms with Gasteiger partial charge in [0.05, 0.1) is 16.4 Å². The number of hydrogen-bond acceptors (Lipinski definition) is 5. The second kappa shape index (κ2) is 7.81. The van der Waals surface area contributed by atoms with Crippen LogP contribution in [0.25, 0.3) is 0 Å². The monoisotopic (exact) mass is 480 g/mol. The average molecular weight is 481 g/mol. The highest BCUT2D eigenvalue weighted by atomic mass is 32.2. The molecule has 1 saturated heterocycles. The summed E-state index contributed by atoms with van der Waals surface area (Å²) in [5.74, 6) is 2.09. The lowest BCUT2D eigenvalue weighted by atomic mass is 9.48. The van der Waals surface area contributed by atoms with Gasteiger partial charge < -0.3 is 5.32 Å². The molecule has 6 rings (SSSR count). The molecule has 5 aliphatic rings. The second-order valence-electron chi connectivity index (χ2n) is 10.7. The van der Waals surface area contributed by atoms with Gasteiger partial charge in [0.25, 0.3) is 5.91 Å². The summed E-state index contributed by atoms with van der Waals surface area (Å²) in [6.45, 7) is 2.13. The van der Waals surface area contributed by atoms with Crippen molar-refractivity contribution in [3.05, 3.63) is 29.8 Å². The van der Waals surface area contributed by atoms with Gasteiger partial charge in [0.1, 0.15) is 0 Å². The summed E-state index contributed by atoms with van der Waals surface area (Å²) >= 11 is 0. The Balaban J connectivity index is 1.24. The second-order valence-corrected chi connectivity index (χ2v) is 14.7. The lowest BCUT2D eigenvalue weighted by Crippen LogP contribution is -2.55. The van der Waals surface area contributed by atoms with Crippen LogP contribution in [0.15, 0.2) is 29.2 Å². The minimum atomic E-state index is -3.84. The molecule has 5 fully saturated rings. The summed E-state index contributed by atoms with van der Waals surface area (Å²) in [5.41, 5.74) is 0.642. The smallest absolute Gasteiger partial charge is 0.251 e. The summed E-state index contributed by atoms with van der Waals surface area (Å²) in [4.78, 5) is 13.0. The van der Waals surface area contributed by atoms with E-state index in [1.807, 2.05) is 0 Å². The molecule has 0 spiro atoms. The van der Waals surface area contributed by atoms with Gasteiger partial charge in [0.15, 0.2) is 9.84 Å². The third-order valence-corrected chi connectivity index (χ3v) is 11.6. The minimum Gasteiger partial charge on any atom is -0.349 e. The van der Waals surface area contributed by atoms with Crippen molar-refractivity contribution in [2.45, 2.75) is 68.8 Å². The van der Waals surface area contributed by atoms with Gasteiger partial charge in [-0.2, -0.15) is 0 Å². The topological polar surface area (TPSA) is 109 Å². The Labute approximate surface area is 190 Å². The van der Waals surface area contributed by atoms with E-state index in [2.05, 4.69) is 17.0 Å². The fourth-order valence-corrected chi connectivity index (χ4v) is 10.2. The van der Waals surface area contributed by atoms with Crippen LogP contribution in [0.5, 0.6) is 0 Å². The van der Waals surface area contributed by atoms with Gasteiger partial charge >= 0.3 is 0 Å². The van der Waals surface area contributed by atoms with E-state index in [0.29, 0.717) is 5.56 Å². The number of sulfonamides is 1. The summed E-state index contributed by atoms with van der Waals surface area (Å²) in [6.07, 6.45) is 7.98. The van der Waals surface area contributed by atoms with Crippen LogP contribution in [0, 0.1) is 23.2 Å². The number of carbonyl (C=O) groups is 1. The number of amides is 1. The Bertz CT molecular complexity index is 1080. The van der Waals surface area contributed by atoms with Crippen molar-refractivity contribution in [2.24, 2.45) is 23.2 Å². The third-order valence-electron chi connectivity index (χ3n) is 8.33. The first kappa shape index (κ1) is 22.3. The number of nitrogens with one attached hydrogen (secondary N) is 2. The van der Waals surface area contributed by atoms with Gasteiger partial charge in [0.2, 0.25) is 10.0 Å². The average Bonchev–Trinajstić information content (AvgIpc) is 3.04. The molecule has 2 N–H and O–H groups in total. The summed E-state index contributed by atoms with van der Waals surface area (Å²) in [5, 5.41) is 3.21. The van der Waals surface area contributed by atoms with E-state index in [1.54, 1.807) is 0 Å². The van der Waals surface area contributed by atoms with Crippen LogP contribution < -0.4 is 10.0 Å². The number of sulfone groups is 1. The van der Waals surface area contributed by atoms with E-state index < -0.39 is 25.9 Å². The molecule has 0 aromatic heterocycles. The van der Waals surface area contributed by atoms with Crippen molar-refractivity contribution in [3.8, 4) is 0 Å². The molecular formula is C23H32N2O5S2. The predicted octanol–water partition coefficient (Wildman–Crippen LogP) is 2.49. The summed E-state index contributed by atoms with van der Waals surface area (Å²) in [7, 11) is -7.01. The lowest BCUT2D eigenvalue weighted by Gasteiger charge is -2.59. The third kappa shape index (κ3) is 4.23. The molecule has 0 radical (unpaired) electrons. The fraction of sp³-hybridized carbons (Fsp3) is 0.696. The van der Waals surface area contributed by atoms with Crippen LogP contribution in [-0.2, 0) is 19.9 Å². The van der Waals surface area contributed by atoms with Crippen LogP contribution in [0.3, 0.4) is 0 Å². The number of benzene rings is 1. The molecule has 4 bridgehead atoms. The van der Waals surface area contributed by atoms with Gasteiger partial charge in [-0.3, -0.25) is 4.79 Å². The van der Waals surface area contributed by atoms with Gasteiger partial charge in [-0.15, -0.1) is 0 Å². The largest absolute Gasteiger partial charge is 0.349 e. The molecule has 7 nitrogen and oxygen atoms in total. The van der Waals surface area contributed by atoms with E-state index in [0.717, 1.165) is 17.8 Å². The number of hydrogen-bond donors (Lipinski definition) is 2. The van der Waals surface area contributed by atoms with Crippen molar-refractivity contribution >= 4 is 25.8 Å². The van der Waals surface area contributed by atoms with Crippen LogP contribution >= 0.6 is 0 Å². The first-order chi connectivity index (χ1) is 15.0. The maximum absolute atomic E-state index is 12.9. The van der Waals surface area contributed by atoms with Gasteiger partial charge in [0, 0.05) is 17.6 Å². The number of carbonyl (C=O) groups excluding carboxylic acids is 1. The molecule has 2 atom stereocenters. The molecule has 4 aliphatic carbocycles. The highest BCUT2D eigenvalue weighted by Gasteiger charge is 2.53. The van der Waals surface area contributed by atoms with Crippen LogP contribution in [-0.4, -0.2) is 46.3 Å². The van der Waals surface area contributed by atoms with Crippen molar-refractivity contribution in [1.82, 2.24) is 10.0 Å². The zero-order valence-electron chi connectivity index (χ0n) is 18.4. The maximum atomic E-state index is 12.9. The van der Waals surface area contributed by atoms with Crippen molar-refractivity contribution in [1.29, 1.82) is 0 Å². The fourth-order valence-electron chi connectivity index (χ4n) is 7.10. The Morgan fingerprint density at radius 2 is 1.59 bits per heavy atom. The number of rotatable bonds is 6. The Kier molecular flexibility index (Phi) is 5.45. The minimum absolute atomic E-state index is 0.00120. The highest BCUT2D eigenvalue weighted by Crippen LogP contribution is 2.61. The highest BCUT2D eigenvalue weighted by molar-refractivity contribution is 7.92. The van der Waals surface area contributed by atoms with E-state index in [1.165, 1.54) is 62.8 Å². The molecule has 4 saturated carbocycles. The molecule has 1 heterocycles. The van der Waals surface area contributed by atoms with E-state index >= 15 is 0 Å². The first-order valence-corrected chi connectivity index (χ1v) is 15.0. The molecule has 1 aromatic carbocycles. The van der Waals surface area contributed by atoms with Gasteiger partial charge in [-0.25, -0.2) is 21.6 Å². The Morgan fingerprint density at radius 1 is 1.03 bits per heavy atom. The van der Waals surface area contributed by atoms with Gasteiger partial charge in [-0.05, 0) is 99.3 Å². The Hall–Kier alpha value is -1.45. The summed E-state index contributed by atoms with van der Waals surface area (Å²) < 4.78 is 50.9. The van der Waals surface area contributed by atoms with E-state index in [9.17, 15) is 21.6 Å². The first-order valence-electron chi connectivity index (χ1n) is 11.7. The molecule has 1 aromatic rings. The normalized spacial score (nSPS) is 36.2. The van der Waals surface area contributed by atoms with Crippen LogP contribution in [0.4, 0.5) is 0 Å². The zero-order chi connectivity index (χ0) is 22.7. The van der Waals surface area contributed by atoms with E-state index in [-0.39, 0.29) is 40.2 Å². The van der Waals surface area contributed by atoms with Crippen LogP contribution in [0.2, 0.25) is 0 Å². The molecule has 32 heavy (non-hydrogen) atoms. The quantitative estimate of drug-likeness (QED) is 0.650. The van der Waals surface area contributed by atoms with E-state index in [4.69, 9.17) is 0 Å². The SMILES string of the molecule is CC(NC(=O)c1ccc(S(=O)(=O)NC2CCS(=O)(=O)C2)cc1)C12CC3CC(CC(C3)C1)C2. The van der Waals surface area contributed by atoms with Crippen molar-refractivity contribution in [2.75, 3.05) is 11.5 Å². The summed E-state index contributed by atoms with van der Waals surface area (Å²) in [6, 6.07) is 5.38. The maximum Gasteiger partial charge on any atom is 0.251 e. The van der Waals surface area contributed by atoms with Gasteiger partial charge in [-0.1, -0.05) is 0 Å². The molecule has 1 amide bonds. The Morgan fingerprint density at radius 3 is 2.09 bits per heavy atom. The predicted molar refractivity (Wildman–Crippen MR) is 121 cm³/mol. The zero-order valence-corrected chi connectivity index (χ0v) is 20.1. The molecule has 1 aliphatic heterocycles.